The SMILES string of the molecule is Cn1ccc(CCn2c(CCl)nc3cccnc32)n1. The van der Waals surface area contributed by atoms with Crippen molar-refractivity contribution in [3.63, 3.8) is 0 Å². The van der Waals surface area contributed by atoms with Gasteiger partial charge in [0.2, 0.25) is 0 Å². The maximum Gasteiger partial charge on any atom is 0.160 e. The topological polar surface area (TPSA) is 48.5 Å². The molecule has 3 aromatic rings. The monoisotopic (exact) mass is 275 g/mol. The van der Waals surface area contributed by atoms with E-state index in [2.05, 4.69) is 19.6 Å². The molecule has 0 aliphatic rings. The smallest absolute Gasteiger partial charge is 0.160 e. The summed E-state index contributed by atoms with van der Waals surface area (Å²) in [5, 5.41) is 4.38. The molecular weight excluding hydrogens is 262 g/mol. The number of fused-ring (bicyclic) bond motifs is 1. The Morgan fingerprint density at radius 1 is 1.32 bits per heavy atom. The van der Waals surface area contributed by atoms with E-state index < -0.39 is 0 Å². The third-order valence-electron chi connectivity index (χ3n) is 3.06. The van der Waals surface area contributed by atoms with E-state index in [4.69, 9.17) is 11.6 Å². The van der Waals surface area contributed by atoms with Crippen molar-refractivity contribution in [1.29, 1.82) is 0 Å². The number of aromatic nitrogens is 5. The van der Waals surface area contributed by atoms with Gasteiger partial charge >= 0.3 is 0 Å². The summed E-state index contributed by atoms with van der Waals surface area (Å²) in [6.07, 6.45) is 4.56. The molecule has 0 saturated carbocycles. The Morgan fingerprint density at radius 3 is 2.95 bits per heavy atom. The van der Waals surface area contributed by atoms with Crippen molar-refractivity contribution in [1.82, 2.24) is 24.3 Å². The van der Waals surface area contributed by atoms with Crippen LogP contribution >= 0.6 is 11.6 Å². The lowest BCUT2D eigenvalue weighted by atomic mass is 10.3. The molecule has 3 heterocycles. The zero-order valence-corrected chi connectivity index (χ0v) is 11.4. The minimum absolute atomic E-state index is 0.387. The van der Waals surface area contributed by atoms with Crippen LogP contribution < -0.4 is 0 Å². The lowest BCUT2D eigenvalue weighted by Gasteiger charge is -2.05. The number of hydrogen-bond acceptors (Lipinski definition) is 3. The summed E-state index contributed by atoms with van der Waals surface area (Å²) in [5.41, 5.74) is 2.83. The molecule has 98 valence electrons. The highest BCUT2D eigenvalue weighted by atomic mass is 35.5. The first kappa shape index (κ1) is 12.2. The van der Waals surface area contributed by atoms with E-state index >= 15 is 0 Å². The highest BCUT2D eigenvalue weighted by Crippen LogP contribution is 2.15. The summed E-state index contributed by atoms with van der Waals surface area (Å²) in [4.78, 5) is 8.88. The molecule has 0 unspecified atom stereocenters. The first-order valence-electron chi connectivity index (χ1n) is 6.12. The standard InChI is InChI=1S/C13H14ClN5/c1-18-7-4-10(17-18)5-8-19-12(9-14)16-11-3-2-6-15-13(11)19/h2-4,6-7H,5,8-9H2,1H3. The summed E-state index contributed by atoms with van der Waals surface area (Å²) in [7, 11) is 1.92. The molecule has 5 nitrogen and oxygen atoms in total. The van der Waals surface area contributed by atoms with E-state index in [-0.39, 0.29) is 0 Å². The van der Waals surface area contributed by atoms with Crippen LogP contribution in [0.15, 0.2) is 30.6 Å². The predicted octanol–water partition coefficient (Wildman–Crippen LogP) is 2.15. The summed E-state index contributed by atoms with van der Waals surface area (Å²) < 4.78 is 3.87. The van der Waals surface area contributed by atoms with Gasteiger partial charge in [-0.05, 0) is 18.2 Å². The molecule has 0 aromatic carbocycles. The molecule has 0 fully saturated rings. The second-order valence-electron chi connectivity index (χ2n) is 4.39. The van der Waals surface area contributed by atoms with Gasteiger partial charge < -0.3 is 4.57 Å². The maximum atomic E-state index is 5.96. The molecule has 0 spiro atoms. The molecule has 0 bridgehead atoms. The van der Waals surface area contributed by atoms with Gasteiger partial charge in [-0.2, -0.15) is 5.10 Å². The summed E-state index contributed by atoms with van der Waals surface area (Å²) >= 11 is 5.96. The fourth-order valence-corrected chi connectivity index (χ4v) is 2.37. The highest BCUT2D eigenvalue weighted by Gasteiger charge is 2.10. The van der Waals surface area contributed by atoms with E-state index in [1.54, 1.807) is 6.20 Å². The molecule has 0 atom stereocenters. The van der Waals surface area contributed by atoms with Gasteiger partial charge in [0.05, 0.1) is 11.6 Å². The van der Waals surface area contributed by atoms with Crippen LogP contribution in [0.5, 0.6) is 0 Å². The molecule has 0 radical (unpaired) electrons. The van der Waals surface area contributed by atoms with Crippen molar-refractivity contribution in [3.8, 4) is 0 Å². The van der Waals surface area contributed by atoms with Crippen LogP contribution in [0.3, 0.4) is 0 Å². The van der Waals surface area contributed by atoms with Crippen LogP contribution in [0, 0.1) is 0 Å². The fourth-order valence-electron chi connectivity index (χ4n) is 2.17. The Kier molecular flexibility index (Phi) is 3.21. The maximum absolute atomic E-state index is 5.96. The molecule has 0 saturated heterocycles. The lowest BCUT2D eigenvalue weighted by molar-refractivity contribution is 0.656. The van der Waals surface area contributed by atoms with Gasteiger partial charge in [0.25, 0.3) is 0 Å². The number of hydrogen-bond donors (Lipinski definition) is 0. The molecule has 0 amide bonds. The molecule has 6 heteroatoms. The van der Waals surface area contributed by atoms with Gasteiger partial charge in [0.1, 0.15) is 11.3 Å². The van der Waals surface area contributed by atoms with E-state index in [1.807, 2.05) is 36.1 Å². The molecule has 3 rings (SSSR count). The number of pyridine rings is 1. The van der Waals surface area contributed by atoms with Crippen molar-refractivity contribution in [2.75, 3.05) is 0 Å². The van der Waals surface area contributed by atoms with Crippen molar-refractivity contribution in [3.05, 3.63) is 42.1 Å². The van der Waals surface area contributed by atoms with Crippen LogP contribution in [0.4, 0.5) is 0 Å². The second-order valence-corrected chi connectivity index (χ2v) is 4.66. The Bertz CT molecular complexity index is 700. The number of imidazole rings is 1. The highest BCUT2D eigenvalue weighted by molar-refractivity contribution is 6.16. The molecule has 0 aliphatic carbocycles. The number of aryl methyl sites for hydroxylation is 3. The van der Waals surface area contributed by atoms with E-state index in [1.165, 1.54) is 0 Å². The Hall–Kier alpha value is -1.88. The van der Waals surface area contributed by atoms with Gasteiger partial charge in [-0.15, -0.1) is 11.6 Å². The normalized spacial score (nSPS) is 11.3. The van der Waals surface area contributed by atoms with Gasteiger partial charge in [-0.1, -0.05) is 0 Å². The quantitative estimate of drug-likeness (QED) is 0.686. The van der Waals surface area contributed by atoms with Crippen LogP contribution in [0.25, 0.3) is 11.2 Å². The van der Waals surface area contributed by atoms with Crippen molar-refractivity contribution >= 4 is 22.8 Å². The average Bonchev–Trinajstić information content (AvgIpc) is 2.99. The fraction of sp³-hybridized carbons (Fsp3) is 0.308. The summed E-state index contributed by atoms with van der Waals surface area (Å²) in [5.74, 6) is 1.24. The van der Waals surface area contributed by atoms with Crippen LogP contribution in [0.1, 0.15) is 11.5 Å². The Morgan fingerprint density at radius 2 is 2.21 bits per heavy atom. The molecule has 0 N–H and O–H groups in total. The van der Waals surface area contributed by atoms with Crippen LogP contribution in [0.2, 0.25) is 0 Å². The Labute approximate surface area is 115 Å². The third kappa shape index (κ3) is 2.33. The number of alkyl halides is 1. The van der Waals surface area contributed by atoms with Crippen LogP contribution in [-0.2, 0) is 25.9 Å². The van der Waals surface area contributed by atoms with Crippen molar-refractivity contribution in [2.45, 2.75) is 18.8 Å². The zero-order valence-electron chi connectivity index (χ0n) is 10.6. The largest absolute Gasteiger partial charge is 0.311 e. The molecule has 3 aromatic heterocycles. The number of nitrogens with zero attached hydrogens (tertiary/aromatic N) is 5. The minimum atomic E-state index is 0.387. The average molecular weight is 276 g/mol. The first-order valence-corrected chi connectivity index (χ1v) is 6.66. The first-order chi connectivity index (χ1) is 9.28. The third-order valence-corrected chi connectivity index (χ3v) is 3.30. The Balaban J connectivity index is 1.90. The lowest BCUT2D eigenvalue weighted by Crippen LogP contribution is -2.06. The zero-order chi connectivity index (χ0) is 13.2. The summed E-state index contributed by atoms with van der Waals surface area (Å²) in [6, 6.07) is 5.86. The van der Waals surface area contributed by atoms with Crippen LogP contribution in [-0.4, -0.2) is 24.3 Å². The van der Waals surface area contributed by atoms with Gasteiger partial charge in [0, 0.05) is 32.4 Å². The van der Waals surface area contributed by atoms with E-state index in [9.17, 15) is 0 Å². The van der Waals surface area contributed by atoms with Gasteiger partial charge in [0.15, 0.2) is 5.65 Å². The van der Waals surface area contributed by atoms with Gasteiger partial charge in [-0.25, -0.2) is 9.97 Å². The molecular formula is C13H14ClN5. The minimum Gasteiger partial charge on any atom is -0.311 e. The van der Waals surface area contributed by atoms with E-state index in [0.717, 1.165) is 35.6 Å². The summed E-state index contributed by atoms with van der Waals surface area (Å²) in [6.45, 7) is 0.784. The van der Waals surface area contributed by atoms with Gasteiger partial charge in [-0.3, -0.25) is 4.68 Å². The second kappa shape index (κ2) is 5.01. The van der Waals surface area contributed by atoms with E-state index in [0.29, 0.717) is 5.88 Å². The predicted molar refractivity (Wildman–Crippen MR) is 74.0 cm³/mol. The van der Waals surface area contributed by atoms with Crippen molar-refractivity contribution in [2.24, 2.45) is 7.05 Å². The number of rotatable bonds is 4. The molecule has 19 heavy (non-hydrogen) atoms. The number of halogens is 1. The molecule has 0 aliphatic heterocycles. The van der Waals surface area contributed by atoms with Crippen molar-refractivity contribution < 1.29 is 0 Å².